The van der Waals surface area contributed by atoms with Gasteiger partial charge in [-0.3, -0.25) is 14.9 Å². The molecule has 2 amide bonds. The number of para-hydroxylation sites is 1. The Balaban J connectivity index is 1.61. The zero-order valence-corrected chi connectivity index (χ0v) is 15.7. The molecule has 0 saturated heterocycles. The molecule has 1 aromatic heterocycles. The maximum absolute atomic E-state index is 12.3. The first-order chi connectivity index (χ1) is 12.6. The molecule has 132 valence electrons. The summed E-state index contributed by atoms with van der Waals surface area (Å²) in [6.45, 7) is -0.223. The molecule has 0 aliphatic heterocycles. The van der Waals surface area contributed by atoms with Gasteiger partial charge in [0.2, 0.25) is 5.13 Å². The molecule has 3 aromatic rings. The Morgan fingerprint density at radius 3 is 2.58 bits per heavy atom. The number of aromatic nitrogens is 2. The van der Waals surface area contributed by atoms with E-state index in [9.17, 15) is 9.59 Å². The molecule has 0 bridgehead atoms. The number of nitrogens with one attached hydrogen (secondary N) is 2. The van der Waals surface area contributed by atoms with Gasteiger partial charge >= 0.3 is 0 Å². The van der Waals surface area contributed by atoms with Crippen molar-refractivity contribution >= 4 is 49.9 Å². The molecule has 1 heterocycles. The summed E-state index contributed by atoms with van der Waals surface area (Å²) in [5.74, 6) is -0.405. The molecule has 0 aliphatic carbocycles. The van der Waals surface area contributed by atoms with E-state index in [0.717, 1.165) is 4.47 Å². The van der Waals surface area contributed by atoms with Gasteiger partial charge in [0, 0.05) is 10.2 Å². The fourth-order valence-electron chi connectivity index (χ4n) is 2.05. The second-order valence-electron chi connectivity index (χ2n) is 5.04. The summed E-state index contributed by atoms with van der Waals surface area (Å²) < 4.78 is 6.44. The number of nitrogens with zero attached hydrogens (tertiary/aromatic N) is 2. The van der Waals surface area contributed by atoms with Gasteiger partial charge in [-0.15, -0.1) is 10.2 Å². The molecule has 3 rings (SSSR count). The standard InChI is InChI=1S/C17H13BrN4O3S/c18-11-5-7-12(8-6-11)20-15(23)9-25-14-4-2-1-3-13(14)16(24)21-17-22-19-10-26-17/h1-8,10H,9H2,(H,20,23)(H,21,22,24). The maximum Gasteiger partial charge on any atom is 0.262 e. The Morgan fingerprint density at radius 2 is 1.85 bits per heavy atom. The molecule has 0 fully saturated rings. The van der Waals surface area contributed by atoms with Crippen molar-refractivity contribution in [1.82, 2.24) is 10.2 Å². The van der Waals surface area contributed by atoms with Crippen molar-refractivity contribution in [2.24, 2.45) is 0 Å². The zero-order chi connectivity index (χ0) is 18.4. The van der Waals surface area contributed by atoms with Gasteiger partial charge in [-0.2, -0.15) is 0 Å². The summed E-state index contributed by atoms with van der Waals surface area (Å²) >= 11 is 4.54. The molecule has 0 atom stereocenters. The highest BCUT2D eigenvalue weighted by molar-refractivity contribution is 9.10. The minimum absolute atomic E-state index is 0.223. The summed E-state index contributed by atoms with van der Waals surface area (Å²) in [6, 6.07) is 13.9. The average molecular weight is 433 g/mol. The van der Waals surface area contributed by atoms with E-state index in [2.05, 4.69) is 36.8 Å². The number of amides is 2. The maximum atomic E-state index is 12.3. The summed E-state index contributed by atoms with van der Waals surface area (Å²) in [4.78, 5) is 24.4. The minimum Gasteiger partial charge on any atom is -0.483 e. The lowest BCUT2D eigenvalue weighted by molar-refractivity contribution is -0.118. The van der Waals surface area contributed by atoms with E-state index in [1.807, 2.05) is 12.1 Å². The molecule has 9 heteroatoms. The third-order valence-corrected chi connectivity index (χ3v) is 4.33. The Labute approximate surface area is 161 Å². The van der Waals surface area contributed by atoms with Crippen molar-refractivity contribution < 1.29 is 14.3 Å². The lowest BCUT2D eigenvalue weighted by atomic mass is 10.2. The monoisotopic (exact) mass is 432 g/mol. The van der Waals surface area contributed by atoms with Gasteiger partial charge in [0.05, 0.1) is 5.56 Å². The van der Waals surface area contributed by atoms with Gasteiger partial charge in [0.25, 0.3) is 11.8 Å². The van der Waals surface area contributed by atoms with E-state index >= 15 is 0 Å². The first-order valence-corrected chi connectivity index (χ1v) is 9.14. The van der Waals surface area contributed by atoms with Crippen LogP contribution in [0.1, 0.15) is 10.4 Å². The van der Waals surface area contributed by atoms with E-state index in [0.29, 0.717) is 22.1 Å². The normalized spacial score (nSPS) is 10.2. The van der Waals surface area contributed by atoms with E-state index in [4.69, 9.17) is 4.74 Å². The molecule has 0 spiro atoms. The van der Waals surface area contributed by atoms with Crippen LogP contribution in [0.5, 0.6) is 5.75 Å². The van der Waals surface area contributed by atoms with Gasteiger partial charge < -0.3 is 10.1 Å². The van der Waals surface area contributed by atoms with Crippen LogP contribution in [0.2, 0.25) is 0 Å². The molecule has 2 aromatic carbocycles. The van der Waals surface area contributed by atoms with Gasteiger partial charge in [-0.05, 0) is 36.4 Å². The average Bonchev–Trinajstić information content (AvgIpc) is 3.15. The molecular formula is C17H13BrN4O3S. The summed E-state index contributed by atoms with van der Waals surface area (Å²) in [5, 5.41) is 13.2. The number of anilines is 2. The molecule has 0 saturated carbocycles. The highest BCUT2D eigenvalue weighted by Crippen LogP contribution is 2.20. The molecule has 7 nitrogen and oxygen atoms in total. The van der Waals surface area contributed by atoms with Crippen LogP contribution in [-0.4, -0.2) is 28.6 Å². The third kappa shape index (κ3) is 4.87. The SMILES string of the molecule is O=C(COc1ccccc1C(=O)Nc1nncs1)Nc1ccc(Br)cc1. The Hall–Kier alpha value is -2.78. The fraction of sp³-hybridized carbons (Fsp3) is 0.0588. The van der Waals surface area contributed by atoms with Crippen LogP contribution in [0.3, 0.4) is 0 Å². The van der Waals surface area contributed by atoms with Crippen LogP contribution < -0.4 is 15.4 Å². The van der Waals surface area contributed by atoms with Crippen molar-refractivity contribution in [2.75, 3.05) is 17.2 Å². The number of carbonyl (C=O) groups excluding carboxylic acids is 2. The number of hydrogen-bond donors (Lipinski definition) is 2. The van der Waals surface area contributed by atoms with Gasteiger partial charge in [-0.25, -0.2) is 0 Å². The number of halogens is 1. The lowest BCUT2D eigenvalue weighted by Gasteiger charge is -2.11. The van der Waals surface area contributed by atoms with Crippen LogP contribution >= 0.6 is 27.3 Å². The summed E-state index contributed by atoms with van der Waals surface area (Å²) in [7, 11) is 0. The van der Waals surface area contributed by atoms with E-state index in [1.54, 1.807) is 36.4 Å². The highest BCUT2D eigenvalue weighted by Gasteiger charge is 2.14. The van der Waals surface area contributed by atoms with E-state index in [-0.39, 0.29) is 18.4 Å². The topological polar surface area (TPSA) is 93.2 Å². The van der Waals surface area contributed by atoms with Crippen molar-refractivity contribution in [1.29, 1.82) is 0 Å². The number of benzene rings is 2. The second-order valence-corrected chi connectivity index (χ2v) is 6.79. The minimum atomic E-state index is -0.384. The van der Waals surface area contributed by atoms with Gasteiger partial charge in [0.1, 0.15) is 11.3 Å². The number of rotatable bonds is 6. The third-order valence-electron chi connectivity index (χ3n) is 3.20. The Kier molecular flexibility index (Phi) is 5.92. The van der Waals surface area contributed by atoms with Gasteiger partial charge in [-0.1, -0.05) is 39.4 Å². The van der Waals surface area contributed by atoms with Crippen LogP contribution in [0.4, 0.5) is 10.8 Å². The predicted octanol–water partition coefficient (Wildman–Crippen LogP) is 3.57. The van der Waals surface area contributed by atoms with Crippen LogP contribution in [0.25, 0.3) is 0 Å². The first-order valence-electron chi connectivity index (χ1n) is 7.46. The number of ether oxygens (including phenoxy) is 1. The summed E-state index contributed by atoms with van der Waals surface area (Å²) in [6.07, 6.45) is 0. The lowest BCUT2D eigenvalue weighted by Crippen LogP contribution is -2.21. The highest BCUT2D eigenvalue weighted by atomic mass is 79.9. The predicted molar refractivity (Wildman–Crippen MR) is 103 cm³/mol. The molecular weight excluding hydrogens is 420 g/mol. The van der Waals surface area contributed by atoms with Crippen molar-refractivity contribution in [2.45, 2.75) is 0 Å². The van der Waals surface area contributed by atoms with Crippen molar-refractivity contribution in [3.05, 3.63) is 64.1 Å². The number of carbonyl (C=O) groups is 2. The number of hydrogen-bond acceptors (Lipinski definition) is 6. The van der Waals surface area contributed by atoms with E-state index in [1.165, 1.54) is 16.8 Å². The zero-order valence-electron chi connectivity index (χ0n) is 13.3. The smallest absolute Gasteiger partial charge is 0.262 e. The molecule has 0 unspecified atom stereocenters. The van der Waals surface area contributed by atoms with Crippen LogP contribution in [-0.2, 0) is 4.79 Å². The molecule has 0 radical (unpaired) electrons. The van der Waals surface area contributed by atoms with Crippen LogP contribution in [0.15, 0.2) is 58.5 Å². The molecule has 0 aliphatic rings. The van der Waals surface area contributed by atoms with Crippen LogP contribution in [0, 0.1) is 0 Å². The van der Waals surface area contributed by atoms with Crippen molar-refractivity contribution in [3.63, 3.8) is 0 Å². The van der Waals surface area contributed by atoms with Gasteiger partial charge in [0.15, 0.2) is 6.61 Å². The second kappa shape index (κ2) is 8.54. The largest absolute Gasteiger partial charge is 0.483 e. The summed E-state index contributed by atoms with van der Waals surface area (Å²) in [5.41, 5.74) is 2.48. The molecule has 26 heavy (non-hydrogen) atoms. The van der Waals surface area contributed by atoms with Crippen molar-refractivity contribution in [3.8, 4) is 5.75 Å². The first kappa shape index (κ1) is 18.0. The quantitative estimate of drug-likeness (QED) is 0.620. The fourth-order valence-corrected chi connectivity index (χ4v) is 2.75. The molecule has 2 N–H and O–H groups in total. The Bertz CT molecular complexity index is 901. The van der Waals surface area contributed by atoms with E-state index < -0.39 is 0 Å². The Morgan fingerprint density at radius 1 is 1.08 bits per heavy atom.